The number of aryl methyl sites for hydroxylation is 1. The van der Waals surface area contributed by atoms with Crippen molar-refractivity contribution >= 4 is 0 Å². The van der Waals surface area contributed by atoms with E-state index in [0.717, 1.165) is 24.0 Å². The molecule has 0 radical (unpaired) electrons. The van der Waals surface area contributed by atoms with E-state index in [4.69, 9.17) is 4.42 Å². The van der Waals surface area contributed by atoms with Crippen molar-refractivity contribution in [2.45, 2.75) is 52.9 Å². The van der Waals surface area contributed by atoms with Gasteiger partial charge in [0.2, 0.25) is 0 Å². The second-order valence-electron chi connectivity index (χ2n) is 5.05. The van der Waals surface area contributed by atoms with Crippen molar-refractivity contribution in [3.8, 4) is 0 Å². The molecule has 0 aromatic carbocycles. The number of hydrogen-bond acceptors (Lipinski definition) is 1. The zero-order valence-corrected chi connectivity index (χ0v) is 10.3. The minimum Gasteiger partial charge on any atom is -0.469 e. The second kappa shape index (κ2) is 6.71. The fraction of sp³-hybridized carbons (Fsp3) is 0.714. The predicted octanol–water partition coefficient (Wildman–Crippen LogP) is 4.67. The van der Waals surface area contributed by atoms with Crippen molar-refractivity contribution in [3.05, 3.63) is 24.2 Å². The van der Waals surface area contributed by atoms with E-state index in [-0.39, 0.29) is 0 Å². The van der Waals surface area contributed by atoms with Crippen LogP contribution in [0.5, 0.6) is 0 Å². The van der Waals surface area contributed by atoms with Gasteiger partial charge in [-0.05, 0) is 30.4 Å². The Bertz CT molecular complexity index is 236. The molecule has 0 aliphatic carbocycles. The smallest absolute Gasteiger partial charge is 0.103 e. The third-order valence-corrected chi connectivity index (χ3v) is 2.94. The Balaban J connectivity index is 2.06. The molecule has 0 fully saturated rings. The van der Waals surface area contributed by atoms with Gasteiger partial charge in [-0.15, -0.1) is 0 Å². The molecular weight excluding hydrogens is 184 g/mol. The Morgan fingerprint density at radius 3 is 2.53 bits per heavy atom. The van der Waals surface area contributed by atoms with Gasteiger partial charge in [-0.25, -0.2) is 0 Å². The molecule has 0 saturated carbocycles. The molecule has 0 bridgehead atoms. The normalized spacial score (nSPS) is 13.3. The van der Waals surface area contributed by atoms with Crippen LogP contribution in [0.4, 0.5) is 0 Å². The third kappa shape index (κ3) is 5.66. The highest BCUT2D eigenvalue weighted by Crippen LogP contribution is 2.17. The summed E-state index contributed by atoms with van der Waals surface area (Å²) in [6.07, 6.45) is 8.21. The van der Waals surface area contributed by atoms with E-state index in [0.29, 0.717) is 0 Å². The summed E-state index contributed by atoms with van der Waals surface area (Å²) in [5.74, 6) is 2.81. The van der Waals surface area contributed by atoms with Crippen LogP contribution in [0.2, 0.25) is 0 Å². The lowest BCUT2D eigenvalue weighted by Crippen LogP contribution is -1.98. The minimum atomic E-state index is 0.828. The van der Waals surface area contributed by atoms with Crippen LogP contribution in [0.3, 0.4) is 0 Å². The lowest BCUT2D eigenvalue weighted by atomic mass is 9.96. The molecule has 1 aromatic heterocycles. The van der Waals surface area contributed by atoms with E-state index in [1.54, 1.807) is 6.26 Å². The third-order valence-electron chi connectivity index (χ3n) is 2.94. The lowest BCUT2D eigenvalue weighted by molar-refractivity contribution is 0.415. The van der Waals surface area contributed by atoms with Gasteiger partial charge in [0.05, 0.1) is 6.26 Å². The molecule has 0 aliphatic rings. The van der Waals surface area contributed by atoms with Gasteiger partial charge in [0.25, 0.3) is 0 Å². The van der Waals surface area contributed by atoms with Crippen LogP contribution in [0.1, 0.15) is 52.2 Å². The SMILES string of the molecule is CC(C)CCCC(C)CCc1ccco1. The first kappa shape index (κ1) is 12.4. The fourth-order valence-corrected chi connectivity index (χ4v) is 1.86. The molecule has 1 atom stereocenters. The maximum atomic E-state index is 5.33. The first-order valence-corrected chi connectivity index (χ1v) is 6.21. The number of furan rings is 1. The second-order valence-corrected chi connectivity index (χ2v) is 5.05. The van der Waals surface area contributed by atoms with E-state index in [1.165, 1.54) is 25.7 Å². The monoisotopic (exact) mass is 208 g/mol. The Kier molecular flexibility index (Phi) is 5.52. The molecule has 1 heteroatoms. The molecule has 1 rings (SSSR count). The van der Waals surface area contributed by atoms with Gasteiger partial charge in [-0.2, -0.15) is 0 Å². The molecule has 0 N–H and O–H groups in total. The Labute approximate surface area is 93.9 Å². The van der Waals surface area contributed by atoms with Crippen LogP contribution < -0.4 is 0 Å². The van der Waals surface area contributed by atoms with E-state index in [2.05, 4.69) is 26.8 Å². The van der Waals surface area contributed by atoms with Crippen molar-refractivity contribution in [2.75, 3.05) is 0 Å². The van der Waals surface area contributed by atoms with Crippen LogP contribution in [0.25, 0.3) is 0 Å². The first-order valence-electron chi connectivity index (χ1n) is 6.21. The zero-order chi connectivity index (χ0) is 11.1. The van der Waals surface area contributed by atoms with Crippen molar-refractivity contribution in [2.24, 2.45) is 11.8 Å². The first-order chi connectivity index (χ1) is 7.18. The van der Waals surface area contributed by atoms with Crippen LogP contribution in [0, 0.1) is 11.8 Å². The topological polar surface area (TPSA) is 13.1 Å². The fourth-order valence-electron chi connectivity index (χ4n) is 1.86. The molecule has 1 nitrogen and oxygen atoms in total. The summed E-state index contributed by atoms with van der Waals surface area (Å²) in [6, 6.07) is 4.04. The van der Waals surface area contributed by atoms with Gasteiger partial charge in [-0.3, -0.25) is 0 Å². The van der Waals surface area contributed by atoms with Gasteiger partial charge < -0.3 is 4.42 Å². The summed E-state index contributed by atoms with van der Waals surface area (Å²) in [5, 5.41) is 0. The molecule has 1 aromatic rings. The van der Waals surface area contributed by atoms with E-state index < -0.39 is 0 Å². The summed E-state index contributed by atoms with van der Waals surface area (Å²) in [7, 11) is 0. The summed E-state index contributed by atoms with van der Waals surface area (Å²) < 4.78 is 5.33. The molecular formula is C14H24O. The minimum absolute atomic E-state index is 0.828. The van der Waals surface area contributed by atoms with Gasteiger partial charge >= 0.3 is 0 Å². The average molecular weight is 208 g/mol. The van der Waals surface area contributed by atoms with Gasteiger partial charge in [0, 0.05) is 6.42 Å². The summed E-state index contributed by atoms with van der Waals surface area (Å²) in [4.78, 5) is 0. The maximum Gasteiger partial charge on any atom is 0.103 e. The Morgan fingerprint density at radius 1 is 1.13 bits per heavy atom. The highest BCUT2D eigenvalue weighted by molar-refractivity contribution is 4.97. The molecule has 0 aliphatic heterocycles. The summed E-state index contributed by atoms with van der Waals surface area (Å²) in [5.41, 5.74) is 0. The predicted molar refractivity (Wildman–Crippen MR) is 64.9 cm³/mol. The quantitative estimate of drug-likeness (QED) is 0.634. The zero-order valence-electron chi connectivity index (χ0n) is 10.3. The highest BCUT2D eigenvalue weighted by Gasteiger charge is 2.04. The van der Waals surface area contributed by atoms with Gasteiger partial charge in [0.1, 0.15) is 5.76 Å². The van der Waals surface area contributed by atoms with Crippen LogP contribution in [0.15, 0.2) is 22.8 Å². The number of hydrogen-bond donors (Lipinski definition) is 0. The Hall–Kier alpha value is -0.720. The molecule has 0 spiro atoms. The van der Waals surface area contributed by atoms with Crippen LogP contribution in [-0.2, 0) is 6.42 Å². The van der Waals surface area contributed by atoms with Gasteiger partial charge in [-0.1, -0.05) is 40.0 Å². The molecule has 15 heavy (non-hydrogen) atoms. The molecule has 1 unspecified atom stereocenters. The standard InChI is InChI=1S/C14H24O/c1-12(2)6-4-7-13(3)9-10-14-8-5-11-15-14/h5,8,11-13H,4,6-7,9-10H2,1-3H3. The van der Waals surface area contributed by atoms with E-state index in [1.807, 2.05) is 6.07 Å². The van der Waals surface area contributed by atoms with Gasteiger partial charge in [0.15, 0.2) is 0 Å². The summed E-state index contributed by atoms with van der Waals surface area (Å²) in [6.45, 7) is 6.95. The van der Waals surface area contributed by atoms with Crippen LogP contribution in [-0.4, -0.2) is 0 Å². The molecule has 86 valence electrons. The molecule has 0 amide bonds. The van der Waals surface area contributed by atoms with Crippen molar-refractivity contribution in [1.29, 1.82) is 0 Å². The Morgan fingerprint density at radius 2 is 1.93 bits per heavy atom. The van der Waals surface area contributed by atoms with Crippen molar-refractivity contribution < 1.29 is 4.42 Å². The van der Waals surface area contributed by atoms with Crippen molar-refractivity contribution in [3.63, 3.8) is 0 Å². The largest absolute Gasteiger partial charge is 0.469 e. The molecule has 1 heterocycles. The average Bonchev–Trinajstić information content (AvgIpc) is 2.66. The van der Waals surface area contributed by atoms with Crippen LogP contribution >= 0.6 is 0 Å². The maximum absolute atomic E-state index is 5.33. The van der Waals surface area contributed by atoms with Crippen molar-refractivity contribution in [1.82, 2.24) is 0 Å². The molecule has 0 saturated heterocycles. The lowest BCUT2D eigenvalue weighted by Gasteiger charge is -2.11. The summed E-state index contributed by atoms with van der Waals surface area (Å²) >= 11 is 0. The number of rotatable bonds is 7. The highest BCUT2D eigenvalue weighted by atomic mass is 16.3. The van der Waals surface area contributed by atoms with E-state index >= 15 is 0 Å². The van der Waals surface area contributed by atoms with E-state index in [9.17, 15) is 0 Å².